The Kier molecular flexibility index (Phi) is 7.14. The lowest BCUT2D eigenvalue weighted by Gasteiger charge is -2.15. The Bertz CT molecular complexity index is 823. The van der Waals surface area contributed by atoms with Crippen LogP contribution in [-0.2, 0) is 11.0 Å². The van der Waals surface area contributed by atoms with Gasteiger partial charge in [0.25, 0.3) is 0 Å². The number of rotatable bonds is 8. The second-order valence-electron chi connectivity index (χ2n) is 5.95. The molecule has 0 unspecified atom stereocenters. The van der Waals surface area contributed by atoms with Crippen molar-refractivity contribution < 1.29 is 27.4 Å². The van der Waals surface area contributed by atoms with E-state index in [0.29, 0.717) is 30.4 Å². The number of carbonyl (C=O) groups excluding carboxylic acids is 1. The lowest BCUT2D eigenvalue weighted by atomic mass is 10.1. The molecule has 0 aliphatic rings. The quantitative estimate of drug-likeness (QED) is 0.669. The third-order valence-corrected chi connectivity index (χ3v) is 3.83. The molecule has 2 N–H and O–H groups in total. The van der Waals surface area contributed by atoms with Gasteiger partial charge < -0.3 is 20.1 Å². The Morgan fingerprint density at radius 2 is 1.75 bits per heavy atom. The average molecular weight is 396 g/mol. The van der Waals surface area contributed by atoms with Gasteiger partial charge in [0.2, 0.25) is 5.91 Å². The van der Waals surface area contributed by atoms with Crippen molar-refractivity contribution in [3.63, 3.8) is 0 Å². The fourth-order valence-electron chi connectivity index (χ4n) is 2.56. The van der Waals surface area contributed by atoms with Crippen molar-refractivity contribution in [3.8, 4) is 11.5 Å². The third-order valence-electron chi connectivity index (χ3n) is 3.83. The van der Waals surface area contributed by atoms with Gasteiger partial charge in [0.1, 0.15) is 11.5 Å². The molecule has 0 fully saturated rings. The van der Waals surface area contributed by atoms with Crippen LogP contribution < -0.4 is 20.1 Å². The summed E-state index contributed by atoms with van der Waals surface area (Å²) < 4.78 is 49.9. The van der Waals surface area contributed by atoms with Gasteiger partial charge in [-0.25, -0.2) is 0 Å². The van der Waals surface area contributed by atoms with Crippen molar-refractivity contribution in [2.75, 3.05) is 30.4 Å². The number of hydrogen-bond donors (Lipinski definition) is 2. The summed E-state index contributed by atoms with van der Waals surface area (Å²) in [5.74, 6) is 0.625. The van der Waals surface area contributed by atoms with Crippen LogP contribution in [0.25, 0.3) is 0 Å². The lowest BCUT2D eigenvalue weighted by molar-refractivity contribution is -0.138. The Hall–Kier alpha value is -2.90. The van der Waals surface area contributed by atoms with Crippen LogP contribution in [0.4, 0.5) is 24.5 Å². The summed E-state index contributed by atoms with van der Waals surface area (Å²) in [6.07, 6.45) is -4.45. The van der Waals surface area contributed by atoms with Gasteiger partial charge in [-0.05, 0) is 50.6 Å². The molecular weight excluding hydrogens is 373 g/mol. The van der Waals surface area contributed by atoms with E-state index in [1.165, 1.54) is 19.1 Å². The SMILES string of the molecule is CCOc1ccc(OCC)c(NC(=O)CNc2ccc(C)c(C(F)(F)F)c2)c1. The van der Waals surface area contributed by atoms with E-state index in [2.05, 4.69) is 10.6 Å². The second kappa shape index (κ2) is 9.34. The van der Waals surface area contributed by atoms with Gasteiger partial charge >= 0.3 is 6.18 Å². The highest BCUT2D eigenvalue weighted by atomic mass is 19.4. The van der Waals surface area contributed by atoms with E-state index in [4.69, 9.17) is 9.47 Å². The first kappa shape index (κ1) is 21.4. The fourth-order valence-corrected chi connectivity index (χ4v) is 2.56. The lowest BCUT2D eigenvalue weighted by Crippen LogP contribution is -2.22. The maximum atomic E-state index is 13.0. The topological polar surface area (TPSA) is 59.6 Å². The summed E-state index contributed by atoms with van der Waals surface area (Å²) in [7, 11) is 0. The van der Waals surface area contributed by atoms with Crippen LogP contribution in [0.3, 0.4) is 0 Å². The maximum absolute atomic E-state index is 13.0. The summed E-state index contributed by atoms with van der Waals surface area (Å²) in [6, 6.07) is 8.91. The normalized spacial score (nSPS) is 11.1. The number of hydrogen-bond acceptors (Lipinski definition) is 4. The first-order valence-electron chi connectivity index (χ1n) is 8.85. The van der Waals surface area contributed by atoms with Crippen LogP contribution in [0.15, 0.2) is 36.4 Å². The molecule has 5 nitrogen and oxygen atoms in total. The summed E-state index contributed by atoms with van der Waals surface area (Å²) in [5, 5.41) is 5.40. The minimum absolute atomic E-state index is 0.122. The summed E-state index contributed by atoms with van der Waals surface area (Å²) in [6.45, 7) is 5.73. The van der Waals surface area contributed by atoms with E-state index in [0.717, 1.165) is 6.07 Å². The van der Waals surface area contributed by atoms with E-state index < -0.39 is 17.6 Å². The third kappa shape index (κ3) is 5.80. The highest BCUT2D eigenvalue weighted by molar-refractivity contribution is 5.95. The number of aryl methyl sites for hydroxylation is 1. The summed E-state index contributed by atoms with van der Waals surface area (Å²) in [5.41, 5.74) is 0.0261. The summed E-state index contributed by atoms with van der Waals surface area (Å²) >= 11 is 0. The maximum Gasteiger partial charge on any atom is 0.416 e. The first-order chi connectivity index (χ1) is 13.2. The molecule has 0 aliphatic carbocycles. The molecule has 0 saturated heterocycles. The zero-order chi connectivity index (χ0) is 20.7. The van der Waals surface area contributed by atoms with Crippen LogP contribution >= 0.6 is 0 Å². The standard InChI is InChI=1S/C20H23F3N2O3/c1-4-27-15-8-9-18(28-5-2)17(11-15)25-19(26)12-24-14-7-6-13(3)16(10-14)20(21,22)23/h6-11,24H,4-5,12H2,1-3H3,(H,25,26). The highest BCUT2D eigenvalue weighted by Gasteiger charge is 2.32. The molecule has 2 aromatic carbocycles. The molecule has 1 amide bonds. The predicted octanol–water partition coefficient (Wildman–Crippen LogP) is 4.86. The molecule has 0 atom stereocenters. The van der Waals surface area contributed by atoms with Gasteiger partial charge in [0.05, 0.1) is 31.0 Å². The molecule has 0 bridgehead atoms. The molecule has 0 aromatic heterocycles. The minimum Gasteiger partial charge on any atom is -0.494 e. The van der Waals surface area contributed by atoms with Crippen molar-refractivity contribution >= 4 is 17.3 Å². The molecule has 28 heavy (non-hydrogen) atoms. The molecule has 0 aliphatic heterocycles. The van der Waals surface area contributed by atoms with Crippen LogP contribution in [0.5, 0.6) is 11.5 Å². The van der Waals surface area contributed by atoms with E-state index in [9.17, 15) is 18.0 Å². The van der Waals surface area contributed by atoms with Gasteiger partial charge in [-0.2, -0.15) is 13.2 Å². The zero-order valence-corrected chi connectivity index (χ0v) is 15.9. The van der Waals surface area contributed by atoms with Crippen LogP contribution in [0, 0.1) is 6.92 Å². The smallest absolute Gasteiger partial charge is 0.416 e. The van der Waals surface area contributed by atoms with E-state index in [-0.39, 0.29) is 17.8 Å². The van der Waals surface area contributed by atoms with Crippen LogP contribution in [0.1, 0.15) is 25.0 Å². The van der Waals surface area contributed by atoms with Crippen molar-refractivity contribution in [2.45, 2.75) is 26.9 Å². The van der Waals surface area contributed by atoms with Crippen molar-refractivity contribution in [2.24, 2.45) is 0 Å². The molecule has 0 saturated carbocycles. The van der Waals surface area contributed by atoms with Gasteiger partial charge in [0, 0.05) is 11.8 Å². The number of carbonyl (C=O) groups is 1. The number of anilines is 2. The molecule has 2 rings (SSSR count). The van der Waals surface area contributed by atoms with Crippen molar-refractivity contribution in [1.29, 1.82) is 0 Å². The van der Waals surface area contributed by atoms with Gasteiger partial charge in [0.15, 0.2) is 0 Å². The Morgan fingerprint density at radius 3 is 2.39 bits per heavy atom. The minimum atomic E-state index is -4.45. The van der Waals surface area contributed by atoms with E-state index in [1.54, 1.807) is 18.2 Å². The largest absolute Gasteiger partial charge is 0.494 e. The highest BCUT2D eigenvalue weighted by Crippen LogP contribution is 2.33. The average Bonchev–Trinajstić information content (AvgIpc) is 2.62. The zero-order valence-electron chi connectivity index (χ0n) is 15.9. The monoisotopic (exact) mass is 396 g/mol. The number of benzene rings is 2. The molecule has 2 aromatic rings. The summed E-state index contributed by atoms with van der Waals surface area (Å²) in [4.78, 5) is 12.3. The van der Waals surface area contributed by atoms with Crippen LogP contribution in [-0.4, -0.2) is 25.7 Å². The molecule has 0 radical (unpaired) electrons. The first-order valence-corrected chi connectivity index (χ1v) is 8.85. The van der Waals surface area contributed by atoms with Gasteiger partial charge in [-0.3, -0.25) is 4.79 Å². The van der Waals surface area contributed by atoms with E-state index >= 15 is 0 Å². The van der Waals surface area contributed by atoms with Crippen molar-refractivity contribution in [1.82, 2.24) is 0 Å². The number of amides is 1. The Labute approximate surface area is 161 Å². The Balaban J connectivity index is 2.07. The molecule has 8 heteroatoms. The second-order valence-corrected chi connectivity index (χ2v) is 5.95. The van der Waals surface area contributed by atoms with Gasteiger partial charge in [-0.15, -0.1) is 0 Å². The van der Waals surface area contributed by atoms with E-state index in [1.807, 2.05) is 13.8 Å². The molecule has 0 heterocycles. The molecule has 152 valence electrons. The molecular formula is C20H23F3N2O3. The number of alkyl halides is 3. The fraction of sp³-hybridized carbons (Fsp3) is 0.350. The Morgan fingerprint density at radius 1 is 1.04 bits per heavy atom. The van der Waals surface area contributed by atoms with Crippen molar-refractivity contribution in [3.05, 3.63) is 47.5 Å². The number of nitrogens with one attached hydrogen (secondary N) is 2. The number of halogens is 3. The number of ether oxygens (including phenoxy) is 2. The van der Waals surface area contributed by atoms with Gasteiger partial charge in [-0.1, -0.05) is 6.07 Å². The predicted molar refractivity (Wildman–Crippen MR) is 102 cm³/mol. The molecule has 0 spiro atoms. The van der Waals surface area contributed by atoms with Crippen LogP contribution in [0.2, 0.25) is 0 Å².